The number of alkyl halides is 3. The van der Waals surface area contributed by atoms with Gasteiger partial charge in [0.2, 0.25) is 0 Å². The molecule has 0 radical (unpaired) electrons. The normalized spacial score (nSPS) is 13.2. The van der Waals surface area contributed by atoms with Gasteiger partial charge in [-0.15, -0.1) is 0 Å². The van der Waals surface area contributed by atoms with Gasteiger partial charge in [-0.25, -0.2) is 0 Å². The van der Waals surface area contributed by atoms with Gasteiger partial charge in [0.1, 0.15) is 0 Å². The fourth-order valence-electron chi connectivity index (χ4n) is 0.840. The SMILES string of the molecule is CC(C)(CC=S)CC(F)(F)F. The second kappa shape index (κ2) is 3.52. The zero-order valence-corrected chi connectivity index (χ0v) is 7.35. The Morgan fingerprint density at radius 1 is 1.27 bits per heavy atom. The number of halogens is 3. The number of thiocarbonyl (C=S) groups is 1. The molecule has 0 nitrogen and oxygen atoms in total. The van der Waals surface area contributed by atoms with Crippen LogP contribution in [0, 0.1) is 5.41 Å². The van der Waals surface area contributed by atoms with Crippen molar-refractivity contribution in [3.63, 3.8) is 0 Å². The lowest BCUT2D eigenvalue weighted by atomic mass is 9.86. The molecule has 0 aromatic rings. The number of hydrogen-bond acceptors (Lipinski definition) is 1. The Labute approximate surface area is 69.8 Å². The van der Waals surface area contributed by atoms with E-state index in [1.54, 1.807) is 13.8 Å². The summed E-state index contributed by atoms with van der Waals surface area (Å²) in [7, 11) is 0. The first-order chi connectivity index (χ1) is 4.77. The summed E-state index contributed by atoms with van der Waals surface area (Å²) >= 11 is 4.50. The lowest BCUT2D eigenvalue weighted by Crippen LogP contribution is -2.22. The summed E-state index contributed by atoms with van der Waals surface area (Å²) in [6.07, 6.45) is -4.53. The van der Waals surface area contributed by atoms with E-state index in [1.165, 1.54) is 5.37 Å². The molecule has 0 N–H and O–H groups in total. The van der Waals surface area contributed by atoms with Gasteiger partial charge >= 0.3 is 6.18 Å². The highest BCUT2D eigenvalue weighted by atomic mass is 32.1. The van der Waals surface area contributed by atoms with Crippen molar-refractivity contribution in [2.75, 3.05) is 0 Å². The Kier molecular flexibility index (Phi) is 3.48. The van der Waals surface area contributed by atoms with Crippen molar-refractivity contribution >= 4 is 17.6 Å². The van der Waals surface area contributed by atoms with Crippen LogP contribution in [0.5, 0.6) is 0 Å². The fraction of sp³-hybridized carbons (Fsp3) is 0.857. The molecule has 66 valence electrons. The summed E-state index contributed by atoms with van der Waals surface area (Å²) in [6, 6.07) is 0. The Bertz CT molecular complexity index is 137. The van der Waals surface area contributed by atoms with E-state index in [0.29, 0.717) is 6.42 Å². The molecule has 0 aliphatic rings. The van der Waals surface area contributed by atoms with Crippen LogP contribution < -0.4 is 0 Å². The predicted octanol–water partition coefficient (Wildman–Crippen LogP) is 3.35. The van der Waals surface area contributed by atoms with Gasteiger partial charge in [0.15, 0.2) is 0 Å². The third-order valence-electron chi connectivity index (χ3n) is 1.31. The van der Waals surface area contributed by atoms with Crippen LogP contribution in [0.25, 0.3) is 0 Å². The molecule has 0 rings (SSSR count). The van der Waals surface area contributed by atoms with Crippen LogP contribution in [-0.4, -0.2) is 11.5 Å². The van der Waals surface area contributed by atoms with Gasteiger partial charge in [-0.05, 0) is 17.2 Å². The van der Waals surface area contributed by atoms with Crippen molar-refractivity contribution in [3.05, 3.63) is 0 Å². The summed E-state index contributed by atoms with van der Waals surface area (Å²) in [5.41, 5.74) is -0.750. The topological polar surface area (TPSA) is 0 Å². The molecule has 0 aliphatic heterocycles. The predicted molar refractivity (Wildman–Crippen MR) is 42.7 cm³/mol. The smallest absolute Gasteiger partial charge is 0.171 e. The Morgan fingerprint density at radius 3 is 2.00 bits per heavy atom. The first kappa shape index (κ1) is 10.9. The molecule has 0 aromatic carbocycles. The molecule has 0 heterocycles. The molecule has 0 bridgehead atoms. The second-order valence-corrected chi connectivity index (χ2v) is 3.66. The van der Waals surface area contributed by atoms with Crippen LogP contribution >= 0.6 is 12.2 Å². The Morgan fingerprint density at radius 2 is 1.73 bits per heavy atom. The van der Waals surface area contributed by atoms with Crippen LogP contribution in [0.1, 0.15) is 26.7 Å². The van der Waals surface area contributed by atoms with Crippen molar-refractivity contribution < 1.29 is 13.2 Å². The summed E-state index contributed by atoms with van der Waals surface area (Å²) in [5, 5.41) is 1.35. The van der Waals surface area contributed by atoms with Crippen LogP contribution in [0.4, 0.5) is 13.2 Å². The van der Waals surface area contributed by atoms with E-state index < -0.39 is 18.0 Å². The fourth-order valence-corrected chi connectivity index (χ4v) is 1.29. The van der Waals surface area contributed by atoms with Crippen LogP contribution in [0.2, 0.25) is 0 Å². The van der Waals surface area contributed by atoms with Crippen LogP contribution in [-0.2, 0) is 0 Å². The van der Waals surface area contributed by atoms with Gasteiger partial charge in [-0.1, -0.05) is 26.1 Å². The first-order valence-corrected chi connectivity index (χ1v) is 3.74. The molecule has 0 unspecified atom stereocenters. The molecule has 0 spiro atoms. The van der Waals surface area contributed by atoms with E-state index in [9.17, 15) is 13.2 Å². The maximum atomic E-state index is 11.8. The minimum absolute atomic E-state index is 0.321. The average Bonchev–Trinajstić information content (AvgIpc) is 1.55. The molecule has 4 heteroatoms. The Hall–Kier alpha value is -0.120. The highest BCUT2D eigenvalue weighted by Gasteiger charge is 2.35. The quantitative estimate of drug-likeness (QED) is 0.606. The maximum absolute atomic E-state index is 11.8. The van der Waals surface area contributed by atoms with Crippen molar-refractivity contribution in [2.24, 2.45) is 5.41 Å². The minimum Gasteiger partial charge on any atom is -0.171 e. The van der Waals surface area contributed by atoms with E-state index in [2.05, 4.69) is 12.2 Å². The molecule has 0 aromatic heterocycles. The van der Waals surface area contributed by atoms with E-state index in [4.69, 9.17) is 0 Å². The largest absolute Gasteiger partial charge is 0.389 e. The summed E-state index contributed by atoms with van der Waals surface area (Å²) in [4.78, 5) is 0. The van der Waals surface area contributed by atoms with E-state index in [1.807, 2.05) is 0 Å². The molecule has 0 aliphatic carbocycles. The second-order valence-electron chi connectivity index (χ2n) is 3.33. The van der Waals surface area contributed by atoms with Gasteiger partial charge in [-0.3, -0.25) is 0 Å². The summed E-state index contributed by atoms with van der Waals surface area (Å²) in [6.45, 7) is 3.12. The molecule has 0 saturated carbocycles. The van der Waals surface area contributed by atoms with Gasteiger partial charge < -0.3 is 0 Å². The average molecular weight is 184 g/mol. The third-order valence-corrected chi connectivity index (χ3v) is 1.48. The number of rotatable bonds is 3. The summed E-state index contributed by atoms with van der Waals surface area (Å²) < 4.78 is 35.5. The molecule has 0 amide bonds. The van der Waals surface area contributed by atoms with Gasteiger partial charge in [-0.2, -0.15) is 13.2 Å². The minimum atomic E-state index is -4.08. The first-order valence-electron chi connectivity index (χ1n) is 3.27. The van der Waals surface area contributed by atoms with E-state index in [-0.39, 0.29) is 0 Å². The van der Waals surface area contributed by atoms with Gasteiger partial charge in [0, 0.05) is 6.42 Å². The van der Waals surface area contributed by atoms with Gasteiger partial charge in [0.05, 0.1) is 0 Å². The van der Waals surface area contributed by atoms with Crippen molar-refractivity contribution in [1.29, 1.82) is 0 Å². The number of hydrogen-bond donors (Lipinski definition) is 0. The monoisotopic (exact) mass is 184 g/mol. The van der Waals surface area contributed by atoms with Crippen molar-refractivity contribution in [1.82, 2.24) is 0 Å². The lowest BCUT2D eigenvalue weighted by Gasteiger charge is -2.23. The molecule has 0 atom stereocenters. The third kappa shape index (κ3) is 6.28. The zero-order chi connectivity index (χ0) is 9.12. The molecule has 0 saturated heterocycles. The van der Waals surface area contributed by atoms with Gasteiger partial charge in [0.25, 0.3) is 0 Å². The van der Waals surface area contributed by atoms with Crippen LogP contribution in [0.15, 0.2) is 0 Å². The zero-order valence-electron chi connectivity index (χ0n) is 6.53. The van der Waals surface area contributed by atoms with E-state index >= 15 is 0 Å². The highest BCUT2D eigenvalue weighted by Crippen LogP contribution is 2.34. The molecule has 0 fully saturated rings. The lowest BCUT2D eigenvalue weighted by molar-refractivity contribution is -0.153. The molecular formula is C7H11F3S. The van der Waals surface area contributed by atoms with Crippen molar-refractivity contribution in [3.8, 4) is 0 Å². The maximum Gasteiger partial charge on any atom is 0.389 e. The molecular weight excluding hydrogens is 173 g/mol. The Balaban J connectivity index is 4.00. The van der Waals surface area contributed by atoms with Crippen molar-refractivity contribution in [2.45, 2.75) is 32.9 Å². The van der Waals surface area contributed by atoms with Crippen LogP contribution in [0.3, 0.4) is 0 Å². The highest BCUT2D eigenvalue weighted by molar-refractivity contribution is 7.78. The molecule has 11 heavy (non-hydrogen) atoms. The summed E-state index contributed by atoms with van der Waals surface area (Å²) in [5.74, 6) is 0. The van der Waals surface area contributed by atoms with E-state index in [0.717, 1.165) is 0 Å². The standard InChI is InChI=1S/C7H11F3S/c1-6(2,3-4-11)5-7(8,9)10/h4H,3,5H2,1-2H3.